The van der Waals surface area contributed by atoms with Crippen molar-refractivity contribution in [3.8, 4) is 11.1 Å². The van der Waals surface area contributed by atoms with Crippen LogP contribution in [-0.4, -0.2) is 61.2 Å². The molecule has 0 aromatic heterocycles. The summed E-state index contributed by atoms with van der Waals surface area (Å²) in [6.45, 7) is 1.89. The van der Waals surface area contributed by atoms with Gasteiger partial charge >= 0.3 is 12.1 Å². The van der Waals surface area contributed by atoms with E-state index in [4.69, 9.17) is 4.74 Å². The van der Waals surface area contributed by atoms with E-state index >= 15 is 0 Å². The minimum Gasteiger partial charge on any atom is -0.480 e. The fourth-order valence-corrected chi connectivity index (χ4v) is 6.70. The molecule has 1 aliphatic carbocycles. The van der Waals surface area contributed by atoms with Gasteiger partial charge in [-0.3, -0.25) is 0 Å². The average Bonchev–Trinajstić information content (AvgIpc) is 3.08. The second-order valence-electron chi connectivity index (χ2n) is 7.59. The number of aliphatic carboxylic acids is 1. The minimum absolute atomic E-state index is 0.0111. The van der Waals surface area contributed by atoms with Gasteiger partial charge in [0.25, 0.3) is 0 Å². The zero-order chi connectivity index (χ0) is 23.1. The van der Waals surface area contributed by atoms with E-state index in [1.165, 1.54) is 11.8 Å². The van der Waals surface area contributed by atoms with Crippen LogP contribution >= 0.6 is 11.8 Å². The first-order chi connectivity index (χ1) is 15.3. The quantitative estimate of drug-likeness (QED) is 0.476. The van der Waals surface area contributed by atoms with Crippen LogP contribution < -0.4 is 5.32 Å². The van der Waals surface area contributed by atoms with Crippen molar-refractivity contribution in [3.63, 3.8) is 0 Å². The third kappa shape index (κ3) is 6.04. The van der Waals surface area contributed by atoms with Gasteiger partial charge in [-0.2, -0.15) is 11.8 Å². The maximum atomic E-state index is 12.3. The molecule has 0 aliphatic heterocycles. The van der Waals surface area contributed by atoms with Gasteiger partial charge in [-0.15, -0.1) is 0 Å². The molecule has 1 unspecified atom stereocenters. The van der Waals surface area contributed by atoms with Crippen molar-refractivity contribution in [2.75, 3.05) is 29.6 Å². The first-order valence-corrected chi connectivity index (χ1v) is 13.4. The number of carboxylic acids is 1. The number of carboxylic acid groups (broad SMARTS) is 1. The van der Waals surface area contributed by atoms with Crippen LogP contribution in [-0.2, 0) is 19.4 Å². The minimum atomic E-state index is -3.12. The number of hydrogen-bond donors (Lipinski definition) is 2. The first-order valence-electron chi connectivity index (χ1n) is 10.4. The molecule has 0 bridgehead atoms. The normalized spacial score (nSPS) is 13.8. The zero-order valence-corrected chi connectivity index (χ0v) is 19.5. The number of amides is 1. The second-order valence-corrected chi connectivity index (χ2v) is 11.0. The molecule has 32 heavy (non-hydrogen) atoms. The Morgan fingerprint density at radius 2 is 1.66 bits per heavy atom. The van der Waals surface area contributed by atoms with Crippen LogP contribution in [0.1, 0.15) is 30.4 Å². The molecule has 2 aromatic carbocycles. The molecule has 0 fully saturated rings. The van der Waals surface area contributed by atoms with E-state index in [0.717, 1.165) is 22.3 Å². The zero-order valence-electron chi connectivity index (χ0n) is 17.8. The lowest BCUT2D eigenvalue weighted by molar-refractivity contribution is -0.138. The summed E-state index contributed by atoms with van der Waals surface area (Å²) in [7, 11) is -3.12. The predicted octanol–water partition coefficient (Wildman–Crippen LogP) is 3.54. The van der Waals surface area contributed by atoms with Gasteiger partial charge in [-0.25, -0.2) is 18.0 Å². The summed E-state index contributed by atoms with van der Waals surface area (Å²) in [5.74, 6) is -0.867. The molecule has 0 saturated carbocycles. The summed E-state index contributed by atoms with van der Waals surface area (Å²) in [6.07, 6.45) is -0.257. The SMILES string of the molecule is CCCS(=O)(=O)CCSCC(NC(=O)OCC1c2ccccc2-c2ccccc21)C(=O)O. The van der Waals surface area contributed by atoms with Crippen LogP contribution in [0.5, 0.6) is 0 Å². The smallest absolute Gasteiger partial charge is 0.407 e. The highest BCUT2D eigenvalue weighted by Crippen LogP contribution is 2.44. The van der Waals surface area contributed by atoms with Crippen molar-refractivity contribution in [2.45, 2.75) is 25.3 Å². The molecule has 0 saturated heterocycles. The van der Waals surface area contributed by atoms with Crippen molar-refractivity contribution in [2.24, 2.45) is 0 Å². The number of carbonyl (C=O) groups is 2. The molecule has 3 rings (SSSR count). The van der Waals surface area contributed by atoms with Gasteiger partial charge in [0.05, 0.1) is 5.75 Å². The van der Waals surface area contributed by atoms with Gasteiger partial charge in [0.2, 0.25) is 0 Å². The molecule has 2 aromatic rings. The summed E-state index contributed by atoms with van der Waals surface area (Å²) in [5.41, 5.74) is 4.35. The first kappa shape index (κ1) is 24.1. The summed E-state index contributed by atoms with van der Waals surface area (Å²) in [5, 5.41) is 11.8. The Bertz CT molecular complexity index is 1020. The molecular weight excluding hydrogens is 450 g/mol. The molecule has 0 heterocycles. The van der Waals surface area contributed by atoms with E-state index in [2.05, 4.69) is 5.32 Å². The topological polar surface area (TPSA) is 110 Å². The Kier molecular flexibility index (Phi) is 8.20. The van der Waals surface area contributed by atoms with Crippen LogP contribution in [0.4, 0.5) is 4.79 Å². The van der Waals surface area contributed by atoms with Crippen molar-refractivity contribution in [1.29, 1.82) is 0 Å². The largest absolute Gasteiger partial charge is 0.480 e. The molecular formula is C23H27NO6S2. The molecule has 0 spiro atoms. The Balaban J connectivity index is 1.53. The molecule has 1 atom stereocenters. The van der Waals surface area contributed by atoms with Gasteiger partial charge < -0.3 is 15.2 Å². The molecule has 1 aliphatic rings. The lowest BCUT2D eigenvalue weighted by atomic mass is 9.98. The number of fused-ring (bicyclic) bond motifs is 3. The second kappa shape index (κ2) is 10.9. The standard InChI is InChI=1S/C23H27NO6S2/c1-2-12-32(28,29)13-11-31-15-21(22(25)26)24-23(27)30-14-20-18-9-5-3-7-16(18)17-8-4-6-10-19(17)20/h3-10,20-21H,2,11-15H2,1H3,(H,24,27)(H,25,26). The Morgan fingerprint density at radius 1 is 1.06 bits per heavy atom. The number of nitrogens with one attached hydrogen (secondary N) is 1. The van der Waals surface area contributed by atoms with Gasteiger partial charge in [0.15, 0.2) is 9.84 Å². The van der Waals surface area contributed by atoms with Gasteiger partial charge in [0, 0.05) is 23.2 Å². The van der Waals surface area contributed by atoms with E-state index in [-0.39, 0.29) is 35.5 Å². The van der Waals surface area contributed by atoms with Crippen LogP contribution in [0.3, 0.4) is 0 Å². The molecule has 9 heteroatoms. The van der Waals surface area contributed by atoms with Gasteiger partial charge in [0.1, 0.15) is 12.6 Å². The summed E-state index contributed by atoms with van der Waals surface area (Å²) >= 11 is 1.18. The molecule has 1 amide bonds. The molecule has 172 valence electrons. The van der Waals surface area contributed by atoms with Crippen molar-refractivity contribution in [1.82, 2.24) is 5.32 Å². The number of carbonyl (C=O) groups excluding carboxylic acids is 1. The van der Waals surface area contributed by atoms with Crippen molar-refractivity contribution >= 4 is 33.7 Å². The highest BCUT2D eigenvalue weighted by atomic mass is 32.2. The maximum absolute atomic E-state index is 12.3. The van der Waals surface area contributed by atoms with Crippen molar-refractivity contribution < 1.29 is 27.9 Å². The van der Waals surface area contributed by atoms with Crippen LogP contribution in [0.15, 0.2) is 48.5 Å². The maximum Gasteiger partial charge on any atom is 0.407 e. The van der Waals surface area contributed by atoms with E-state index in [1.807, 2.05) is 48.5 Å². The number of hydrogen-bond acceptors (Lipinski definition) is 6. The third-order valence-corrected chi connectivity index (χ3v) is 8.45. The fourth-order valence-electron chi connectivity index (χ4n) is 3.76. The Hall–Kier alpha value is -2.52. The number of benzene rings is 2. The van der Waals surface area contributed by atoms with Crippen LogP contribution in [0.25, 0.3) is 11.1 Å². The number of alkyl carbamates (subject to hydrolysis) is 1. The summed E-state index contributed by atoms with van der Waals surface area (Å²) in [6, 6.07) is 14.7. The lowest BCUT2D eigenvalue weighted by Crippen LogP contribution is -2.43. The molecule has 2 N–H and O–H groups in total. The highest BCUT2D eigenvalue weighted by Gasteiger charge is 2.29. The van der Waals surface area contributed by atoms with E-state index in [9.17, 15) is 23.1 Å². The Labute approximate surface area is 192 Å². The van der Waals surface area contributed by atoms with E-state index < -0.39 is 27.9 Å². The summed E-state index contributed by atoms with van der Waals surface area (Å²) < 4.78 is 28.9. The van der Waals surface area contributed by atoms with Crippen molar-refractivity contribution in [3.05, 3.63) is 59.7 Å². The highest BCUT2D eigenvalue weighted by molar-refractivity contribution is 8.00. The fraction of sp³-hybridized carbons (Fsp3) is 0.391. The lowest BCUT2D eigenvalue weighted by Gasteiger charge is -2.17. The predicted molar refractivity (Wildman–Crippen MR) is 126 cm³/mol. The van der Waals surface area contributed by atoms with E-state index in [0.29, 0.717) is 6.42 Å². The average molecular weight is 478 g/mol. The van der Waals surface area contributed by atoms with Gasteiger partial charge in [-0.05, 0) is 28.7 Å². The monoisotopic (exact) mass is 477 g/mol. The third-order valence-electron chi connectivity index (χ3n) is 5.27. The Morgan fingerprint density at radius 3 is 2.22 bits per heavy atom. The number of sulfone groups is 1. The van der Waals surface area contributed by atoms with Crippen LogP contribution in [0, 0.1) is 0 Å². The molecule has 0 radical (unpaired) electrons. The summed E-state index contributed by atoms with van der Waals surface area (Å²) in [4.78, 5) is 23.8. The number of rotatable bonds is 11. The van der Waals surface area contributed by atoms with E-state index in [1.54, 1.807) is 6.92 Å². The number of ether oxygens (including phenoxy) is 1. The van der Waals surface area contributed by atoms with Gasteiger partial charge in [-0.1, -0.05) is 55.5 Å². The number of thioether (sulfide) groups is 1. The molecule has 7 nitrogen and oxygen atoms in total. The van der Waals surface area contributed by atoms with Crippen LogP contribution in [0.2, 0.25) is 0 Å².